The van der Waals surface area contributed by atoms with Crippen molar-refractivity contribution in [1.82, 2.24) is 4.90 Å². The Morgan fingerprint density at radius 2 is 1.60 bits per heavy atom. The van der Waals surface area contributed by atoms with Crippen molar-refractivity contribution in [1.29, 1.82) is 0 Å². The normalized spacial score (nSPS) is 24.7. The molecule has 0 bridgehead atoms. The van der Waals surface area contributed by atoms with Crippen molar-refractivity contribution in [2.24, 2.45) is 33.5 Å². The van der Waals surface area contributed by atoms with E-state index in [0.29, 0.717) is 23.7 Å². The standard InChI is InChI=1S/C63H81BN2O/c1-18-52-53(63(16,17)32-31-62(52,14)15)30-33-65-56(34-44(7)60(8,9)10)54-39-66(55-29-27-46(61(11,12)13)35-50(55)45-22-20-19-21-23-45)47(28-26-41(4)40(2)3)38-64(54)59-58(65)51-36-48-42(5)24-25-43(6)49(48)37-57(51)67-59/h18-20,22,26-30,33-34,36-40,42-43,46H,1,4,7,21,23-25,31-32,35H2,2-3,5-6,8-17H3/b28-26-,33-30+,56-34+. The fraction of sp³-hybridized carbons (Fsp3) is 0.460. The summed E-state index contributed by atoms with van der Waals surface area (Å²) in [6, 6.07) is 4.89. The van der Waals surface area contributed by atoms with Crippen molar-refractivity contribution < 1.29 is 4.42 Å². The van der Waals surface area contributed by atoms with E-state index in [1.165, 1.54) is 62.8 Å². The highest BCUT2D eigenvalue weighted by molar-refractivity contribution is 6.86. The predicted octanol–water partition coefficient (Wildman–Crippen LogP) is 17.4. The first-order valence-electron chi connectivity index (χ1n) is 25.6. The molecule has 1 aromatic heterocycles. The molecule has 67 heavy (non-hydrogen) atoms. The molecule has 352 valence electrons. The number of hydrogen-bond acceptors (Lipinski definition) is 3. The van der Waals surface area contributed by atoms with Gasteiger partial charge in [-0.25, -0.2) is 0 Å². The highest BCUT2D eigenvalue weighted by atomic mass is 16.3. The first-order chi connectivity index (χ1) is 31.4. The van der Waals surface area contributed by atoms with Gasteiger partial charge in [0.2, 0.25) is 0 Å². The Balaban J connectivity index is 1.46. The lowest BCUT2D eigenvalue weighted by molar-refractivity contribution is 0.273. The summed E-state index contributed by atoms with van der Waals surface area (Å²) in [7, 11) is 0. The molecule has 1 aromatic carbocycles. The Labute approximate surface area is 406 Å². The minimum absolute atomic E-state index is 0.0202. The molecule has 0 saturated heterocycles. The maximum Gasteiger partial charge on any atom is 0.289 e. The van der Waals surface area contributed by atoms with Gasteiger partial charge in [0.05, 0.1) is 11.3 Å². The predicted molar refractivity (Wildman–Crippen MR) is 291 cm³/mol. The second-order valence-electron chi connectivity index (χ2n) is 24.6. The van der Waals surface area contributed by atoms with E-state index >= 15 is 0 Å². The van der Waals surface area contributed by atoms with Crippen LogP contribution >= 0.6 is 0 Å². The van der Waals surface area contributed by atoms with E-state index in [9.17, 15) is 0 Å². The van der Waals surface area contributed by atoms with E-state index in [-0.39, 0.29) is 28.4 Å². The molecule has 0 saturated carbocycles. The second kappa shape index (κ2) is 17.8. The first-order valence-corrected chi connectivity index (χ1v) is 25.6. The Hall–Kier alpha value is -4.96. The molecule has 3 unspecified atom stereocenters. The van der Waals surface area contributed by atoms with Crippen molar-refractivity contribution in [3.05, 3.63) is 178 Å². The summed E-state index contributed by atoms with van der Waals surface area (Å²) in [6.45, 7) is 46.4. The third-order valence-corrected chi connectivity index (χ3v) is 16.5. The third kappa shape index (κ3) is 9.21. The van der Waals surface area contributed by atoms with Gasteiger partial charge in [0.1, 0.15) is 5.58 Å². The molecule has 4 heteroatoms. The number of furan rings is 1. The number of anilines is 1. The number of fused-ring (bicyclic) bond motifs is 6. The van der Waals surface area contributed by atoms with Crippen molar-refractivity contribution in [3.8, 4) is 0 Å². The number of rotatable bonds is 9. The van der Waals surface area contributed by atoms with E-state index in [0.717, 1.165) is 71.6 Å². The molecule has 0 spiro atoms. The molecule has 0 radical (unpaired) electrons. The summed E-state index contributed by atoms with van der Waals surface area (Å²) in [5.41, 5.74) is 18.4. The van der Waals surface area contributed by atoms with Gasteiger partial charge in [-0.1, -0.05) is 165 Å². The van der Waals surface area contributed by atoms with Gasteiger partial charge in [0, 0.05) is 34.9 Å². The van der Waals surface area contributed by atoms with Gasteiger partial charge in [0.25, 0.3) is 6.71 Å². The highest BCUT2D eigenvalue weighted by Crippen LogP contribution is 2.52. The lowest BCUT2D eigenvalue weighted by Crippen LogP contribution is -2.46. The third-order valence-electron chi connectivity index (χ3n) is 16.5. The first kappa shape index (κ1) is 48.5. The van der Waals surface area contributed by atoms with Crippen LogP contribution in [-0.4, -0.2) is 11.6 Å². The van der Waals surface area contributed by atoms with Crippen LogP contribution in [0.1, 0.15) is 165 Å². The molecule has 3 heterocycles. The van der Waals surface area contributed by atoms with Crippen LogP contribution in [0.25, 0.3) is 11.0 Å². The van der Waals surface area contributed by atoms with Crippen LogP contribution in [0.4, 0.5) is 5.69 Å². The van der Waals surface area contributed by atoms with Gasteiger partial charge in [-0.3, -0.25) is 0 Å². The molecule has 0 amide bonds. The lowest BCUT2D eigenvalue weighted by atomic mass is 9.39. The van der Waals surface area contributed by atoms with Crippen molar-refractivity contribution in [2.45, 2.75) is 154 Å². The minimum atomic E-state index is -0.157. The van der Waals surface area contributed by atoms with Crippen LogP contribution in [0.5, 0.6) is 0 Å². The summed E-state index contributed by atoms with van der Waals surface area (Å²) in [4.78, 5) is 4.98. The van der Waals surface area contributed by atoms with Crippen molar-refractivity contribution >= 4 is 29.0 Å². The minimum Gasteiger partial charge on any atom is -0.468 e. The molecule has 3 atom stereocenters. The second-order valence-corrected chi connectivity index (χ2v) is 24.6. The van der Waals surface area contributed by atoms with Crippen molar-refractivity contribution in [2.75, 3.05) is 4.90 Å². The Morgan fingerprint density at radius 3 is 2.21 bits per heavy atom. The summed E-state index contributed by atoms with van der Waals surface area (Å²) in [5.74, 6) is 4.21. The summed E-state index contributed by atoms with van der Waals surface area (Å²) < 4.78 is 7.39. The van der Waals surface area contributed by atoms with Crippen LogP contribution in [0.2, 0.25) is 0 Å². The summed E-state index contributed by atoms with van der Waals surface area (Å²) >= 11 is 0. The van der Waals surface area contributed by atoms with Crippen molar-refractivity contribution in [3.63, 3.8) is 0 Å². The molecule has 2 aromatic rings. The maximum atomic E-state index is 7.39. The van der Waals surface area contributed by atoms with E-state index in [4.69, 9.17) is 11.0 Å². The van der Waals surface area contributed by atoms with E-state index in [1.807, 2.05) is 0 Å². The van der Waals surface area contributed by atoms with Crippen LogP contribution in [0, 0.1) is 33.5 Å². The fourth-order valence-electron chi connectivity index (χ4n) is 11.2. The Morgan fingerprint density at radius 1 is 0.925 bits per heavy atom. The summed E-state index contributed by atoms with van der Waals surface area (Å²) in [6.07, 6.45) is 35.9. The molecular weight excluding hydrogens is 812 g/mol. The molecule has 6 aliphatic rings. The largest absolute Gasteiger partial charge is 0.468 e. The molecule has 2 aliphatic heterocycles. The topological polar surface area (TPSA) is 19.6 Å². The quantitative estimate of drug-likeness (QED) is 0.185. The molecule has 0 N–H and O–H groups in total. The van der Waals surface area contributed by atoms with Gasteiger partial charge >= 0.3 is 0 Å². The zero-order chi connectivity index (χ0) is 48.5. The van der Waals surface area contributed by atoms with E-state index < -0.39 is 0 Å². The average molecular weight is 893 g/mol. The van der Waals surface area contributed by atoms with Crippen LogP contribution in [-0.2, 0) is 0 Å². The smallest absolute Gasteiger partial charge is 0.289 e. The van der Waals surface area contributed by atoms with E-state index in [1.54, 1.807) is 0 Å². The highest BCUT2D eigenvalue weighted by Gasteiger charge is 2.44. The number of hydrogen-bond donors (Lipinski definition) is 0. The molecule has 0 fully saturated rings. The SMILES string of the molecule is C=CC1=C(/C=C/N2/C(=C/C(=C)C(C)(C)C)C3=CN(C4=C(C5=CC=CCC5)CC(C(C)(C)C)C=C4)C(/C=C\C(=C)C(C)C)=CB3c3oc4cc5c(cc4c32)C(C)CCC5C)C(C)(C)CCC1(C)C. The van der Waals surface area contributed by atoms with E-state index in [2.05, 4.69) is 211 Å². The monoisotopic (exact) mass is 893 g/mol. The van der Waals surface area contributed by atoms with Gasteiger partial charge < -0.3 is 14.2 Å². The van der Waals surface area contributed by atoms with Crippen LogP contribution in [0.3, 0.4) is 0 Å². The van der Waals surface area contributed by atoms with Gasteiger partial charge in [0.15, 0.2) is 0 Å². The Bertz CT molecular complexity index is 2700. The zero-order valence-electron chi connectivity index (χ0n) is 43.9. The maximum absolute atomic E-state index is 7.39. The van der Waals surface area contributed by atoms with Gasteiger partial charge in [-0.15, -0.1) is 0 Å². The zero-order valence-corrected chi connectivity index (χ0v) is 43.9. The van der Waals surface area contributed by atoms with Gasteiger partial charge in [-0.05, 0) is 171 Å². The number of benzene rings is 1. The average Bonchev–Trinajstić information content (AvgIpc) is 3.65. The number of allylic oxidation sites excluding steroid dienone is 17. The van der Waals surface area contributed by atoms with Crippen LogP contribution < -0.4 is 10.6 Å². The lowest BCUT2D eigenvalue weighted by Gasteiger charge is -2.43. The van der Waals surface area contributed by atoms with Gasteiger partial charge in [-0.2, -0.15) is 0 Å². The molecule has 4 aliphatic carbocycles. The molecule has 8 rings (SSSR count). The summed E-state index contributed by atoms with van der Waals surface area (Å²) in [5, 5.41) is 1.18. The molecule has 3 nitrogen and oxygen atoms in total. The van der Waals surface area contributed by atoms with Crippen LogP contribution in [0.15, 0.2) is 171 Å². The number of nitrogens with zero attached hydrogens (tertiary/aromatic N) is 2. The Kier molecular flexibility index (Phi) is 12.9. The fourth-order valence-corrected chi connectivity index (χ4v) is 11.2. The molecular formula is C63H81BN2O.